The highest BCUT2D eigenvalue weighted by atomic mass is 79.9. The van der Waals surface area contributed by atoms with Gasteiger partial charge < -0.3 is 10.2 Å². The fourth-order valence-corrected chi connectivity index (χ4v) is 6.35. The molecule has 0 spiro atoms. The molecule has 3 aromatic rings. The zero-order valence-corrected chi connectivity index (χ0v) is 26.2. The monoisotopic (exact) mass is 659 g/mol. The highest BCUT2D eigenvalue weighted by Crippen LogP contribution is 2.23. The van der Waals surface area contributed by atoms with Gasteiger partial charge >= 0.3 is 0 Å². The van der Waals surface area contributed by atoms with Crippen LogP contribution < -0.4 is 9.62 Å². The Bertz CT molecular complexity index is 1410. The lowest BCUT2D eigenvalue weighted by Gasteiger charge is -2.35. The molecule has 41 heavy (non-hydrogen) atoms. The van der Waals surface area contributed by atoms with E-state index in [4.69, 9.17) is 11.6 Å². The summed E-state index contributed by atoms with van der Waals surface area (Å²) >= 11 is 9.48. The van der Waals surface area contributed by atoms with Crippen LogP contribution in [0.15, 0.2) is 83.3 Å². The molecule has 0 saturated heterocycles. The number of benzene rings is 3. The average Bonchev–Trinajstić information content (AvgIpc) is 2.95. The van der Waals surface area contributed by atoms with Gasteiger partial charge in [-0.15, -0.1) is 0 Å². The van der Waals surface area contributed by atoms with Crippen molar-refractivity contribution in [3.05, 3.63) is 99.5 Å². The average molecular weight is 661 g/mol. The first-order valence-electron chi connectivity index (χ1n) is 13.7. The van der Waals surface area contributed by atoms with E-state index < -0.39 is 28.5 Å². The minimum Gasteiger partial charge on any atom is -0.352 e. The second-order valence-corrected chi connectivity index (χ2v) is 13.7. The molecule has 4 rings (SSSR count). The molecule has 0 bridgehead atoms. The summed E-state index contributed by atoms with van der Waals surface area (Å²) in [5.41, 5.74) is 2.05. The Hall–Kier alpha value is -2.88. The lowest BCUT2D eigenvalue weighted by molar-refractivity contribution is -0.140. The predicted octanol–water partition coefficient (Wildman–Crippen LogP) is 5.96. The van der Waals surface area contributed by atoms with E-state index in [0.29, 0.717) is 17.1 Å². The van der Waals surface area contributed by atoms with E-state index >= 15 is 0 Å². The number of sulfonamides is 1. The topological polar surface area (TPSA) is 86.8 Å². The van der Waals surface area contributed by atoms with E-state index in [-0.39, 0.29) is 18.5 Å². The number of rotatable bonds is 11. The number of amides is 2. The van der Waals surface area contributed by atoms with Crippen LogP contribution in [0.25, 0.3) is 0 Å². The van der Waals surface area contributed by atoms with Gasteiger partial charge in [0.15, 0.2) is 0 Å². The molecule has 1 aliphatic carbocycles. The van der Waals surface area contributed by atoms with Gasteiger partial charge in [0.1, 0.15) is 12.6 Å². The maximum atomic E-state index is 14.1. The third-order valence-electron chi connectivity index (χ3n) is 7.28. The third-order valence-corrected chi connectivity index (χ3v) is 9.20. The molecule has 1 fully saturated rings. The SMILES string of the molecule is CS(=O)(=O)N(CC(=O)N(Cc1ccc(Br)cc1)[C@H](Cc1ccccc1)C(=O)NC1CCCCC1)c1ccc(Cl)cc1. The van der Waals surface area contributed by atoms with Crippen molar-refractivity contribution in [2.45, 2.75) is 57.2 Å². The van der Waals surface area contributed by atoms with Gasteiger partial charge in [-0.2, -0.15) is 0 Å². The summed E-state index contributed by atoms with van der Waals surface area (Å²) < 4.78 is 27.7. The Morgan fingerprint density at radius 2 is 1.56 bits per heavy atom. The van der Waals surface area contributed by atoms with Gasteiger partial charge in [-0.25, -0.2) is 8.42 Å². The predicted molar refractivity (Wildman–Crippen MR) is 167 cm³/mol. The third kappa shape index (κ3) is 9.05. The van der Waals surface area contributed by atoms with Gasteiger partial charge in [-0.05, 0) is 60.4 Å². The minimum atomic E-state index is -3.83. The molecule has 1 aliphatic rings. The van der Waals surface area contributed by atoms with Crippen molar-refractivity contribution in [3.63, 3.8) is 0 Å². The molecule has 0 aliphatic heterocycles. The van der Waals surface area contributed by atoms with Crippen LogP contribution in [0.5, 0.6) is 0 Å². The van der Waals surface area contributed by atoms with E-state index in [2.05, 4.69) is 21.2 Å². The van der Waals surface area contributed by atoms with Crippen LogP contribution in [0.1, 0.15) is 43.2 Å². The van der Waals surface area contributed by atoms with Crippen molar-refractivity contribution in [1.82, 2.24) is 10.2 Å². The highest BCUT2D eigenvalue weighted by molar-refractivity contribution is 9.10. The summed E-state index contributed by atoms with van der Waals surface area (Å²) in [5, 5.41) is 3.66. The molecule has 1 saturated carbocycles. The molecule has 0 aromatic heterocycles. The van der Waals surface area contributed by atoms with Crippen molar-refractivity contribution in [3.8, 4) is 0 Å². The van der Waals surface area contributed by atoms with Crippen LogP contribution in [0, 0.1) is 0 Å². The number of nitrogens with zero attached hydrogens (tertiary/aromatic N) is 2. The first kappa shape index (κ1) is 31.1. The number of hydrogen-bond acceptors (Lipinski definition) is 4. The molecule has 0 heterocycles. The summed E-state index contributed by atoms with van der Waals surface area (Å²) in [5.74, 6) is -0.711. The number of anilines is 1. The standard InChI is InChI=1S/C31H35BrClN3O4S/c1-41(39,40)36(28-18-16-26(33)17-19-28)22-30(37)35(21-24-12-14-25(32)15-13-24)29(20-23-8-4-2-5-9-23)31(38)34-27-10-6-3-7-11-27/h2,4-5,8-9,12-19,27,29H,3,6-7,10-11,20-22H2,1H3,(H,34,38)/t29-/m1/s1. The van der Waals surface area contributed by atoms with Gasteiger partial charge in [0, 0.05) is 28.5 Å². The van der Waals surface area contributed by atoms with Crippen LogP contribution in [0.3, 0.4) is 0 Å². The van der Waals surface area contributed by atoms with Gasteiger partial charge in [0.25, 0.3) is 0 Å². The van der Waals surface area contributed by atoms with E-state index in [0.717, 1.165) is 58.3 Å². The van der Waals surface area contributed by atoms with Crippen LogP contribution in [0.4, 0.5) is 5.69 Å². The van der Waals surface area contributed by atoms with Crippen molar-refractivity contribution in [1.29, 1.82) is 0 Å². The molecule has 7 nitrogen and oxygen atoms in total. The fourth-order valence-electron chi connectivity index (χ4n) is 5.11. The Labute approximate surface area is 256 Å². The fraction of sp³-hybridized carbons (Fsp3) is 0.355. The lowest BCUT2D eigenvalue weighted by atomic mass is 9.94. The van der Waals surface area contributed by atoms with E-state index in [1.165, 1.54) is 4.90 Å². The molecule has 1 N–H and O–H groups in total. The van der Waals surface area contributed by atoms with Crippen LogP contribution >= 0.6 is 27.5 Å². The maximum absolute atomic E-state index is 14.1. The van der Waals surface area contributed by atoms with Gasteiger partial charge in [0.05, 0.1) is 11.9 Å². The van der Waals surface area contributed by atoms with Crippen LogP contribution in [-0.4, -0.2) is 50.0 Å². The second-order valence-electron chi connectivity index (χ2n) is 10.4. The molecule has 10 heteroatoms. The van der Waals surface area contributed by atoms with Gasteiger partial charge in [0.2, 0.25) is 21.8 Å². The first-order valence-corrected chi connectivity index (χ1v) is 16.7. The lowest BCUT2D eigenvalue weighted by Crippen LogP contribution is -2.55. The molecule has 0 unspecified atom stereocenters. The number of nitrogens with one attached hydrogen (secondary N) is 1. The van der Waals surface area contributed by atoms with Crippen molar-refractivity contribution >= 4 is 55.1 Å². The Balaban J connectivity index is 1.71. The Morgan fingerprint density at radius 1 is 0.927 bits per heavy atom. The Kier molecular flexibility index (Phi) is 10.9. The number of halogens is 2. The zero-order valence-electron chi connectivity index (χ0n) is 23.0. The molecule has 0 radical (unpaired) electrons. The molecular weight excluding hydrogens is 626 g/mol. The summed E-state index contributed by atoms with van der Waals surface area (Å²) in [6.45, 7) is -0.321. The molecule has 218 valence electrons. The number of carbonyl (C=O) groups is 2. The summed E-state index contributed by atoms with van der Waals surface area (Å²) in [6.07, 6.45) is 6.43. The Morgan fingerprint density at radius 3 is 2.17 bits per heavy atom. The maximum Gasteiger partial charge on any atom is 0.244 e. The minimum absolute atomic E-state index is 0.0562. The van der Waals surface area contributed by atoms with E-state index in [1.54, 1.807) is 24.3 Å². The van der Waals surface area contributed by atoms with Gasteiger partial charge in [-0.1, -0.05) is 89.3 Å². The summed E-state index contributed by atoms with van der Waals surface area (Å²) in [7, 11) is -3.83. The van der Waals surface area contributed by atoms with E-state index in [1.807, 2.05) is 54.6 Å². The van der Waals surface area contributed by atoms with Crippen LogP contribution in [-0.2, 0) is 32.6 Å². The summed E-state index contributed by atoms with van der Waals surface area (Å²) in [4.78, 5) is 29.6. The zero-order chi connectivity index (χ0) is 29.4. The molecule has 1 atom stereocenters. The molecule has 3 aromatic carbocycles. The van der Waals surface area contributed by atoms with Crippen molar-refractivity contribution < 1.29 is 18.0 Å². The smallest absolute Gasteiger partial charge is 0.244 e. The number of hydrogen-bond donors (Lipinski definition) is 1. The first-order chi connectivity index (χ1) is 19.6. The number of carbonyl (C=O) groups excluding carboxylic acids is 2. The largest absolute Gasteiger partial charge is 0.352 e. The highest BCUT2D eigenvalue weighted by Gasteiger charge is 2.34. The second kappa shape index (κ2) is 14.3. The van der Waals surface area contributed by atoms with Crippen LogP contribution in [0.2, 0.25) is 5.02 Å². The summed E-state index contributed by atoms with van der Waals surface area (Å²) in [6, 6.07) is 22.6. The van der Waals surface area contributed by atoms with Crippen molar-refractivity contribution in [2.24, 2.45) is 0 Å². The van der Waals surface area contributed by atoms with Gasteiger partial charge in [-0.3, -0.25) is 13.9 Å². The normalized spacial score (nSPS) is 14.7. The van der Waals surface area contributed by atoms with E-state index in [9.17, 15) is 18.0 Å². The quantitative estimate of drug-likeness (QED) is 0.275. The molecule has 2 amide bonds. The molecular formula is C31H35BrClN3O4S. The van der Waals surface area contributed by atoms with Crippen molar-refractivity contribution in [2.75, 3.05) is 17.1 Å².